The lowest BCUT2D eigenvalue weighted by Crippen LogP contribution is -2.31. The van der Waals surface area contributed by atoms with E-state index in [0.717, 1.165) is 21.7 Å². The number of anilines is 1. The number of hydrogen-bond donors (Lipinski definition) is 2. The van der Waals surface area contributed by atoms with Gasteiger partial charge >= 0.3 is 0 Å². The summed E-state index contributed by atoms with van der Waals surface area (Å²) in [6, 6.07) is 0.127. The van der Waals surface area contributed by atoms with Gasteiger partial charge in [0.05, 0.1) is 17.7 Å². The number of nitrogens with one attached hydrogen (secondary N) is 1. The van der Waals surface area contributed by atoms with Crippen molar-refractivity contribution in [2.45, 2.75) is 25.1 Å². The highest BCUT2D eigenvalue weighted by molar-refractivity contribution is 7.99. The second kappa shape index (κ2) is 5.81. The first-order valence-corrected chi connectivity index (χ1v) is 7.70. The predicted molar refractivity (Wildman–Crippen MR) is 77.4 cm³/mol. The molecule has 0 aliphatic heterocycles. The zero-order valence-electron chi connectivity index (χ0n) is 10.5. The number of nitrogens with zero attached hydrogens (tertiary/aromatic N) is 3. The van der Waals surface area contributed by atoms with E-state index in [0.29, 0.717) is 0 Å². The quantitative estimate of drug-likeness (QED) is 0.874. The SMILES string of the molecule is CSC(CO)C(C)Nc1ncnc2snc(C)c12. The summed E-state index contributed by atoms with van der Waals surface area (Å²) in [6.45, 7) is 4.14. The van der Waals surface area contributed by atoms with Gasteiger partial charge in [-0.1, -0.05) is 0 Å². The van der Waals surface area contributed by atoms with Crippen molar-refractivity contribution < 1.29 is 5.11 Å². The molecule has 5 nitrogen and oxygen atoms in total. The van der Waals surface area contributed by atoms with Crippen molar-refractivity contribution in [2.75, 3.05) is 18.2 Å². The van der Waals surface area contributed by atoms with Crippen LogP contribution < -0.4 is 5.32 Å². The summed E-state index contributed by atoms with van der Waals surface area (Å²) < 4.78 is 4.29. The second-order valence-corrected chi connectivity index (χ2v) is 5.89. The highest BCUT2D eigenvalue weighted by Crippen LogP contribution is 2.27. The van der Waals surface area contributed by atoms with Crippen LogP contribution in [0.1, 0.15) is 12.6 Å². The fraction of sp³-hybridized carbons (Fsp3) is 0.545. The zero-order chi connectivity index (χ0) is 13.1. The molecule has 7 heteroatoms. The monoisotopic (exact) mass is 284 g/mol. The van der Waals surface area contributed by atoms with Gasteiger partial charge in [-0.2, -0.15) is 16.1 Å². The lowest BCUT2D eigenvalue weighted by atomic mass is 10.2. The van der Waals surface area contributed by atoms with Crippen LogP contribution in [-0.2, 0) is 0 Å². The number of aromatic nitrogens is 3. The van der Waals surface area contributed by atoms with E-state index in [2.05, 4.69) is 19.7 Å². The molecule has 0 aliphatic carbocycles. The third-order valence-electron chi connectivity index (χ3n) is 2.85. The minimum Gasteiger partial charge on any atom is -0.395 e. The molecule has 2 heterocycles. The summed E-state index contributed by atoms with van der Waals surface area (Å²) >= 11 is 3.02. The largest absolute Gasteiger partial charge is 0.395 e. The van der Waals surface area contributed by atoms with Crippen molar-refractivity contribution in [1.29, 1.82) is 0 Å². The van der Waals surface area contributed by atoms with Crippen LogP contribution in [0.25, 0.3) is 10.2 Å². The number of aliphatic hydroxyl groups excluding tert-OH is 1. The Kier molecular flexibility index (Phi) is 4.36. The Hall–Kier alpha value is -0.920. The van der Waals surface area contributed by atoms with Crippen LogP contribution in [0.4, 0.5) is 5.82 Å². The Morgan fingerprint density at radius 3 is 2.94 bits per heavy atom. The summed E-state index contributed by atoms with van der Waals surface area (Å²) in [5, 5.41) is 13.8. The first-order chi connectivity index (χ1) is 8.67. The molecule has 0 aromatic carbocycles. The molecule has 0 spiro atoms. The molecule has 2 unspecified atom stereocenters. The van der Waals surface area contributed by atoms with E-state index in [-0.39, 0.29) is 17.9 Å². The number of rotatable bonds is 5. The van der Waals surface area contributed by atoms with Gasteiger partial charge in [0.1, 0.15) is 17.0 Å². The van der Waals surface area contributed by atoms with Crippen molar-refractivity contribution >= 4 is 39.3 Å². The average molecular weight is 284 g/mol. The minimum atomic E-state index is 0.127. The van der Waals surface area contributed by atoms with Crippen molar-refractivity contribution in [3.05, 3.63) is 12.0 Å². The highest BCUT2D eigenvalue weighted by atomic mass is 32.2. The molecular weight excluding hydrogens is 268 g/mol. The van der Waals surface area contributed by atoms with Gasteiger partial charge in [-0.15, -0.1) is 0 Å². The number of aliphatic hydroxyl groups is 1. The molecule has 2 aromatic heterocycles. The van der Waals surface area contributed by atoms with Crippen LogP contribution in [0.2, 0.25) is 0 Å². The van der Waals surface area contributed by atoms with Crippen LogP contribution in [-0.4, -0.2) is 43.6 Å². The topological polar surface area (TPSA) is 70.9 Å². The van der Waals surface area contributed by atoms with E-state index in [1.54, 1.807) is 18.1 Å². The molecule has 0 radical (unpaired) electrons. The van der Waals surface area contributed by atoms with Crippen LogP contribution in [0.3, 0.4) is 0 Å². The molecule has 2 rings (SSSR count). The van der Waals surface area contributed by atoms with E-state index < -0.39 is 0 Å². The fourth-order valence-electron chi connectivity index (χ4n) is 1.78. The van der Waals surface area contributed by atoms with E-state index in [1.807, 2.05) is 20.1 Å². The maximum absolute atomic E-state index is 9.30. The van der Waals surface area contributed by atoms with E-state index >= 15 is 0 Å². The molecule has 0 fully saturated rings. The van der Waals surface area contributed by atoms with Gasteiger partial charge < -0.3 is 10.4 Å². The summed E-state index contributed by atoms with van der Waals surface area (Å²) in [5.41, 5.74) is 0.940. The lowest BCUT2D eigenvalue weighted by molar-refractivity contribution is 0.288. The number of thioether (sulfide) groups is 1. The molecule has 2 aromatic rings. The van der Waals surface area contributed by atoms with Gasteiger partial charge in [0, 0.05) is 11.3 Å². The molecule has 98 valence electrons. The van der Waals surface area contributed by atoms with Gasteiger partial charge in [-0.3, -0.25) is 0 Å². The summed E-state index contributed by atoms with van der Waals surface area (Å²) in [6.07, 6.45) is 3.54. The molecule has 2 atom stereocenters. The highest BCUT2D eigenvalue weighted by Gasteiger charge is 2.18. The molecule has 0 aliphatic rings. The van der Waals surface area contributed by atoms with Crippen LogP contribution in [0.15, 0.2) is 6.33 Å². The first kappa shape index (κ1) is 13.5. The Morgan fingerprint density at radius 1 is 1.50 bits per heavy atom. The normalized spacial score (nSPS) is 14.7. The minimum absolute atomic E-state index is 0.127. The number of fused-ring (bicyclic) bond motifs is 1. The molecule has 0 saturated carbocycles. The smallest absolute Gasteiger partial charge is 0.149 e. The molecule has 0 amide bonds. The Bertz CT molecular complexity index is 527. The van der Waals surface area contributed by atoms with Crippen molar-refractivity contribution in [3.63, 3.8) is 0 Å². The number of hydrogen-bond acceptors (Lipinski definition) is 7. The molecule has 2 N–H and O–H groups in total. The summed E-state index contributed by atoms with van der Waals surface area (Å²) in [7, 11) is 0. The van der Waals surface area contributed by atoms with Gasteiger partial charge in [0.25, 0.3) is 0 Å². The van der Waals surface area contributed by atoms with Gasteiger partial charge in [0.15, 0.2) is 0 Å². The molecular formula is C11H16N4OS2. The van der Waals surface area contributed by atoms with Crippen LogP contribution >= 0.6 is 23.3 Å². The summed E-state index contributed by atoms with van der Waals surface area (Å²) in [4.78, 5) is 9.38. The van der Waals surface area contributed by atoms with Crippen molar-refractivity contribution in [1.82, 2.24) is 14.3 Å². The maximum atomic E-state index is 9.30. The van der Waals surface area contributed by atoms with Crippen LogP contribution in [0, 0.1) is 6.92 Å². The van der Waals surface area contributed by atoms with Gasteiger partial charge in [-0.25, -0.2) is 9.97 Å². The maximum Gasteiger partial charge on any atom is 0.149 e. The first-order valence-electron chi connectivity index (χ1n) is 5.64. The van der Waals surface area contributed by atoms with Gasteiger partial charge in [0.2, 0.25) is 0 Å². The van der Waals surface area contributed by atoms with E-state index in [4.69, 9.17) is 0 Å². The van der Waals surface area contributed by atoms with Gasteiger partial charge in [-0.05, 0) is 31.6 Å². The third kappa shape index (κ3) is 2.57. The Balaban J connectivity index is 2.28. The third-order valence-corrected chi connectivity index (χ3v) is 4.86. The van der Waals surface area contributed by atoms with Crippen molar-refractivity contribution in [3.8, 4) is 0 Å². The van der Waals surface area contributed by atoms with Crippen molar-refractivity contribution in [2.24, 2.45) is 0 Å². The van der Waals surface area contributed by atoms with E-state index in [1.165, 1.54) is 11.5 Å². The molecule has 0 saturated heterocycles. The molecule has 18 heavy (non-hydrogen) atoms. The van der Waals surface area contributed by atoms with E-state index in [9.17, 15) is 5.11 Å². The number of aryl methyl sites for hydroxylation is 1. The summed E-state index contributed by atoms with van der Waals surface area (Å²) in [5.74, 6) is 0.797. The second-order valence-electron chi connectivity index (χ2n) is 4.06. The standard InChI is InChI=1S/C11H16N4OS2/c1-6(8(4-16)17-3)14-10-9-7(2)15-18-11(9)13-5-12-10/h5-6,8,16H,4H2,1-3H3,(H,12,13,14). The zero-order valence-corrected chi connectivity index (χ0v) is 12.2. The molecule has 0 bridgehead atoms. The lowest BCUT2D eigenvalue weighted by Gasteiger charge is -2.22. The van der Waals surface area contributed by atoms with Crippen LogP contribution in [0.5, 0.6) is 0 Å². The predicted octanol–water partition coefficient (Wildman–Crippen LogP) is 1.92. The average Bonchev–Trinajstić information content (AvgIpc) is 2.74. The Morgan fingerprint density at radius 2 is 2.28 bits per heavy atom. The fourth-order valence-corrected chi connectivity index (χ4v) is 3.15. The Labute approximate surface area is 114 Å².